The fourth-order valence-corrected chi connectivity index (χ4v) is 2.38. The topological polar surface area (TPSA) is 17.1 Å². The van der Waals surface area contributed by atoms with Crippen LogP contribution in [0.4, 0.5) is 0 Å². The Labute approximate surface area is 124 Å². The van der Waals surface area contributed by atoms with Crippen LogP contribution in [-0.4, -0.2) is 5.78 Å². The van der Waals surface area contributed by atoms with Crippen LogP contribution in [0.5, 0.6) is 0 Å². The molecule has 0 aliphatic rings. The Morgan fingerprint density at radius 2 is 1.56 bits per heavy atom. The fourth-order valence-electron chi connectivity index (χ4n) is 1.50. The predicted octanol–water partition coefficient (Wildman–Crippen LogP) is 5.53. The largest absolute Gasteiger partial charge is 0.288 e. The number of carbonyl (C=O) groups is 1. The molecule has 18 heavy (non-hydrogen) atoms. The molecule has 5 heteroatoms. The zero-order valence-electron chi connectivity index (χ0n) is 8.88. The van der Waals surface area contributed by atoms with Gasteiger partial charge in [-0.05, 0) is 30.3 Å². The lowest BCUT2D eigenvalue weighted by Crippen LogP contribution is -2.03. The highest BCUT2D eigenvalue weighted by Crippen LogP contribution is 2.30. The number of ketones is 1. The summed E-state index contributed by atoms with van der Waals surface area (Å²) in [5.41, 5.74) is 0.652. The minimum absolute atomic E-state index is 0.218. The summed E-state index contributed by atoms with van der Waals surface area (Å²) >= 11 is 23.6. The van der Waals surface area contributed by atoms with Gasteiger partial charge in [-0.25, -0.2) is 0 Å². The molecule has 2 rings (SSSR count). The first-order valence-corrected chi connectivity index (χ1v) is 6.45. The Morgan fingerprint density at radius 3 is 2.22 bits per heavy atom. The second kappa shape index (κ2) is 5.50. The van der Waals surface area contributed by atoms with Gasteiger partial charge >= 0.3 is 0 Å². The number of carbonyl (C=O) groups excluding carboxylic acids is 1. The van der Waals surface area contributed by atoms with Gasteiger partial charge in [0.2, 0.25) is 0 Å². The third-order valence-electron chi connectivity index (χ3n) is 2.37. The molecular formula is C13H6Cl4O. The Kier molecular flexibility index (Phi) is 4.18. The highest BCUT2D eigenvalue weighted by molar-refractivity contribution is 6.45. The van der Waals surface area contributed by atoms with E-state index in [4.69, 9.17) is 46.4 Å². The van der Waals surface area contributed by atoms with Crippen molar-refractivity contribution in [2.75, 3.05) is 0 Å². The first-order chi connectivity index (χ1) is 8.50. The number of hydrogen-bond donors (Lipinski definition) is 0. The van der Waals surface area contributed by atoms with Crippen LogP contribution < -0.4 is 0 Å². The molecule has 0 aromatic heterocycles. The van der Waals surface area contributed by atoms with E-state index in [9.17, 15) is 4.79 Å². The normalized spacial score (nSPS) is 10.4. The van der Waals surface area contributed by atoms with E-state index in [2.05, 4.69) is 0 Å². The lowest BCUT2D eigenvalue weighted by molar-refractivity contribution is 0.103. The molecule has 2 aromatic rings. The van der Waals surface area contributed by atoms with Gasteiger partial charge in [-0.2, -0.15) is 0 Å². The molecule has 92 valence electrons. The van der Waals surface area contributed by atoms with Gasteiger partial charge in [0, 0.05) is 16.1 Å². The third-order valence-corrected chi connectivity index (χ3v) is 3.74. The van der Waals surface area contributed by atoms with Crippen molar-refractivity contribution in [1.29, 1.82) is 0 Å². The highest BCUT2D eigenvalue weighted by Gasteiger charge is 2.17. The minimum Gasteiger partial charge on any atom is -0.288 e. The lowest BCUT2D eigenvalue weighted by atomic mass is 10.0. The Balaban J connectivity index is 2.51. The maximum atomic E-state index is 12.3. The van der Waals surface area contributed by atoms with Crippen LogP contribution in [0.25, 0.3) is 0 Å². The summed E-state index contributed by atoms with van der Waals surface area (Å²) in [6, 6.07) is 9.54. The molecule has 0 radical (unpaired) electrons. The molecule has 0 heterocycles. The SMILES string of the molecule is O=C(c1ccc(Cl)cc1Cl)c1cccc(Cl)c1Cl. The van der Waals surface area contributed by atoms with Crippen molar-refractivity contribution in [3.63, 3.8) is 0 Å². The predicted molar refractivity (Wildman–Crippen MR) is 76.4 cm³/mol. The Bertz CT molecular complexity index is 622. The maximum Gasteiger partial charge on any atom is 0.196 e. The van der Waals surface area contributed by atoms with Crippen LogP contribution in [0.2, 0.25) is 20.1 Å². The van der Waals surface area contributed by atoms with Crippen LogP contribution >= 0.6 is 46.4 Å². The van der Waals surface area contributed by atoms with Crippen molar-refractivity contribution < 1.29 is 4.79 Å². The molecule has 0 atom stereocenters. The molecule has 0 N–H and O–H groups in total. The van der Waals surface area contributed by atoms with Crippen molar-refractivity contribution in [3.8, 4) is 0 Å². The molecule has 0 bridgehead atoms. The van der Waals surface area contributed by atoms with Gasteiger partial charge in [-0.15, -0.1) is 0 Å². The molecule has 0 spiro atoms. The van der Waals surface area contributed by atoms with Gasteiger partial charge in [-0.3, -0.25) is 4.79 Å². The third kappa shape index (κ3) is 2.65. The first kappa shape index (κ1) is 13.7. The quantitative estimate of drug-likeness (QED) is 0.665. The van der Waals surface area contributed by atoms with Crippen molar-refractivity contribution in [2.45, 2.75) is 0 Å². The second-order valence-electron chi connectivity index (χ2n) is 3.55. The fraction of sp³-hybridized carbons (Fsp3) is 0. The summed E-state index contributed by atoms with van der Waals surface area (Å²) in [5.74, 6) is -0.288. The zero-order valence-corrected chi connectivity index (χ0v) is 11.9. The monoisotopic (exact) mass is 318 g/mol. The average Bonchev–Trinajstić information content (AvgIpc) is 2.32. The second-order valence-corrected chi connectivity index (χ2v) is 5.18. The van der Waals surface area contributed by atoms with E-state index in [0.29, 0.717) is 21.2 Å². The number of rotatable bonds is 2. The highest BCUT2D eigenvalue weighted by atomic mass is 35.5. The van der Waals surface area contributed by atoms with Gasteiger partial charge in [0.1, 0.15) is 0 Å². The lowest BCUT2D eigenvalue weighted by Gasteiger charge is -2.06. The van der Waals surface area contributed by atoms with E-state index < -0.39 is 0 Å². The van der Waals surface area contributed by atoms with Crippen LogP contribution in [-0.2, 0) is 0 Å². The summed E-state index contributed by atoms with van der Waals surface area (Å²) in [6.07, 6.45) is 0. The maximum absolute atomic E-state index is 12.3. The van der Waals surface area contributed by atoms with Crippen molar-refractivity contribution in [2.24, 2.45) is 0 Å². The zero-order chi connectivity index (χ0) is 13.3. The standard InChI is InChI=1S/C13H6Cl4O/c14-7-4-5-8(11(16)6-7)13(18)9-2-1-3-10(15)12(9)17/h1-6H. The van der Waals surface area contributed by atoms with Crippen LogP contribution in [0.1, 0.15) is 15.9 Å². The number of halogens is 4. The summed E-state index contributed by atoms with van der Waals surface area (Å²) in [7, 11) is 0. The molecule has 0 aliphatic carbocycles. The molecule has 0 fully saturated rings. The van der Waals surface area contributed by atoms with E-state index >= 15 is 0 Å². The molecular weight excluding hydrogens is 314 g/mol. The van der Waals surface area contributed by atoms with Crippen LogP contribution in [0.15, 0.2) is 36.4 Å². The summed E-state index contributed by atoms with van der Waals surface area (Å²) in [4.78, 5) is 12.3. The number of hydrogen-bond acceptors (Lipinski definition) is 1. The summed E-state index contributed by atoms with van der Waals surface area (Å²) in [5, 5.41) is 1.29. The van der Waals surface area contributed by atoms with Crippen LogP contribution in [0, 0.1) is 0 Å². The molecule has 1 nitrogen and oxygen atoms in total. The van der Waals surface area contributed by atoms with Crippen molar-refractivity contribution in [1.82, 2.24) is 0 Å². The summed E-state index contributed by atoms with van der Waals surface area (Å²) in [6.45, 7) is 0. The molecule has 0 saturated heterocycles. The van der Waals surface area contributed by atoms with Crippen molar-refractivity contribution in [3.05, 3.63) is 67.6 Å². The van der Waals surface area contributed by atoms with E-state index in [1.165, 1.54) is 6.07 Å². The van der Waals surface area contributed by atoms with Crippen molar-refractivity contribution >= 4 is 52.2 Å². The van der Waals surface area contributed by atoms with Gasteiger partial charge < -0.3 is 0 Å². The van der Waals surface area contributed by atoms with Gasteiger partial charge in [0.25, 0.3) is 0 Å². The molecule has 0 amide bonds. The molecule has 0 unspecified atom stereocenters. The first-order valence-electron chi connectivity index (χ1n) is 4.94. The average molecular weight is 320 g/mol. The number of benzene rings is 2. The van der Waals surface area contributed by atoms with Gasteiger partial charge in [-0.1, -0.05) is 52.5 Å². The molecule has 0 saturated carbocycles. The van der Waals surface area contributed by atoms with E-state index in [-0.39, 0.29) is 15.8 Å². The van der Waals surface area contributed by atoms with E-state index in [0.717, 1.165) is 0 Å². The van der Waals surface area contributed by atoms with Gasteiger partial charge in [0.15, 0.2) is 5.78 Å². The molecule has 2 aromatic carbocycles. The van der Waals surface area contributed by atoms with E-state index in [1.54, 1.807) is 30.3 Å². The van der Waals surface area contributed by atoms with Crippen LogP contribution in [0.3, 0.4) is 0 Å². The Morgan fingerprint density at radius 1 is 0.833 bits per heavy atom. The van der Waals surface area contributed by atoms with E-state index in [1.807, 2.05) is 0 Å². The molecule has 0 aliphatic heterocycles. The summed E-state index contributed by atoms with van der Waals surface area (Å²) < 4.78 is 0. The Hall–Kier alpha value is -0.730. The smallest absolute Gasteiger partial charge is 0.196 e. The van der Waals surface area contributed by atoms with Gasteiger partial charge in [0.05, 0.1) is 15.1 Å². The minimum atomic E-state index is -0.288.